The number of rotatable bonds is 3. The number of ether oxygens (including phenoxy) is 2. The molecule has 1 aromatic heterocycles. The number of ketones is 1. The highest BCUT2D eigenvalue weighted by molar-refractivity contribution is 5.99. The molecular weight excluding hydrogens is 332 g/mol. The minimum atomic E-state index is -0.317. The molecular formula is C19H22N4O3. The number of nitrogens with one attached hydrogen (secondary N) is 1. The van der Waals surface area contributed by atoms with Crippen LogP contribution in [0.3, 0.4) is 0 Å². The number of nitrogens with zero attached hydrogens (tertiary/aromatic N) is 3. The third-order valence-corrected chi connectivity index (χ3v) is 4.95. The van der Waals surface area contributed by atoms with E-state index in [1.165, 1.54) is 0 Å². The summed E-state index contributed by atoms with van der Waals surface area (Å²) in [6, 6.07) is 5.40. The van der Waals surface area contributed by atoms with Gasteiger partial charge < -0.3 is 14.8 Å². The summed E-state index contributed by atoms with van der Waals surface area (Å²) in [6.45, 7) is 3.95. The molecule has 1 aliphatic carbocycles. The van der Waals surface area contributed by atoms with E-state index in [-0.39, 0.29) is 11.8 Å². The number of anilines is 1. The summed E-state index contributed by atoms with van der Waals surface area (Å²) >= 11 is 0. The monoisotopic (exact) mass is 354 g/mol. The van der Waals surface area contributed by atoms with E-state index < -0.39 is 0 Å². The van der Waals surface area contributed by atoms with Crippen molar-refractivity contribution in [2.75, 3.05) is 19.5 Å². The van der Waals surface area contributed by atoms with Crippen molar-refractivity contribution in [1.29, 1.82) is 0 Å². The lowest BCUT2D eigenvalue weighted by atomic mass is 9.81. The van der Waals surface area contributed by atoms with Gasteiger partial charge in [-0.3, -0.25) is 4.79 Å². The zero-order chi connectivity index (χ0) is 18.4. The van der Waals surface area contributed by atoms with Gasteiger partial charge in [-0.15, -0.1) is 0 Å². The molecule has 0 fully saturated rings. The molecule has 0 amide bonds. The first-order valence-electron chi connectivity index (χ1n) is 8.70. The van der Waals surface area contributed by atoms with Crippen molar-refractivity contribution in [1.82, 2.24) is 14.8 Å². The predicted octanol–water partition coefficient (Wildman–Crippen LogP) is 2.87. The third kappa shape index (κ3) is 2.55. The van der Waals surface area contributed by atoms with Crippen molar-refractivity contribution in [2.45, 2.75) is 32.7 Å². The van der Waals surface area contributed by atoms with Crippen LogP contribution < -0.4 is 14.8 Å². The minimum Gasteiger partial charge on any atom is -0.493 e. The molecule has 136 valence electrons. The number of fused-ring (bicyclic) bond motifs is 1. The number of hydrogen-bond donors (Lipinski definition) is 1. The summed E-state index contributed by atoms with van der Waals surface area (Å²) < 4.78 is 12.6. The van der Waals surface area contributed by atoms with Gasteiger partial charge in [0.15, 0.2) is 17.3 Å². The molecule has 26 heavy (non-hydrogen) atoms. The Morgan fingerprint density at radius 1 is 1.19 bits per heavy atom. The number of methoxy groups -OCH3 is 2. The van der Waals surface area contributed by atoms with Crippen molar-refractivity contribution in [3.8, 4) is 11.5 Å². The van der Waals surface area contributed by atoms with Crippen molar-refractivity contribution < 1.29 is 14.3 Å². The maximum absolute atomic E-state index is 12.9. The molecule has 0 radical (unpaired) electrons. The van der Waals surface area contributed by atoms with Crippen LogP contribution >= 0.6 is 0 Å². The number of Topliss-reactive ketones (excluding diaryl/α,β-unsaturated/α-hetero) is 1. The van der Waals surface area contributed by atoms with Crippen LogP contribution in [0.4, 0.5) is 5.95 Å². The highest BCUT2D eigenvalue weighted by atomic mass is 16.5. The molecule has 0 spiro atoms. The molecule has 2 heterocycles. The fraction of sp³-hybridized carbons (Fsp3) is 0.421. The lowest BCUT2D eigenvalue weighted by Gasteiger charge is -2.34. The largest absolute Gasteiger partial charge is 0.493 e. The molecule has 2 aliphatic rings. The van der Waals surface area contributed by atoms with Gasteiger partial charge in [0.2, 0.25) is 5.95 Å². The van der Waals surface area contributed by atoms with E-state index in [0.29, 0.717) is 35.6 Å². The quantitative estimate of drug-likeness (QED) is 0.913. The van der Waals surface area contributed by atoms with Gasteiger partial charge >= 0.3 is 0 Å². The molecule has 1 N–H and O–H groups in total. The standard InChI is InChI=1S/C19H22N4O3/c1-10-7-13-17(14(24)8-10)18(23-19(21-13)20-11(2)22-23)12-5-6-15(25-3)16(9-12)26-4/h5-6,9-10,18H,7-8H2,1-4H3,(H,20,21,22)/t10-,18+/m0/s1. The van der Waals surface area contributed by atoms with Crippen LogP contribution in [0, 0.1) is 12.8 Å². The molecule has 4 rings (SSSR count). The molecule has 7 heteroatoms. The average molecular weight is 354 g/mol. The SMILES string of the molecule is COc1ccc([C@@H]2C3=C(C[C@H](C)CC3=O)Nc3nc(C)nn32)cc1OC. The number of aryl methyl sites for hydroxylation is 1. The van der Waals surface area contributed by atoms with Crippen LogP contribution in [-0.2, 0) is 4.79 Å². The van der Waals surface area contributed by atoms with E-state index >= 15 is 0 Å². The van der Waals surface area contributed by atoms with Crippen molar-refractivity contribution >= 4 is 11.7 Å². The Morgan fingerprint density at radius 3 is 2.69 bits per heavy atom. The molecule has 1 aromatic carbocycles. The molecule has 0 saturated carbocycles. The van der Waals surface area contributed by atoms with Crippen LogP contribution in [0.1, 0.15) is 37.2 Å². The molecule has 0 bridgehead atoms. The summed E-state index contributed by atoms with van der Waals surface area (Å²) in [5.74, 6) is 3.08. The van der Waals surface area contributed by atoms with Gasteiger partial charge in [0.05, 0.1) is 14.2 Å². The second kappa shape index (κ2) is 6.16. The van der Waals surface area contributed by atoms with E-state index in [4.69, 9.17) is 9.47 Å². The van der Waals surface area contributed by atoms with Crippen LogP contribution in [0.2, 0.25) is 0 Å². The Kier molecular flexibility index (Phi) is 3.94. The first-order valence-corrected chi connectivity index (χ1v) is 8.70. The number of allylic oxidation sites excluding steroid dienone is 2. The summed E-state index contributed by atoms with van der Waals surface area (Å²) in [4.78, 5) is 17.4. The maximum atomic E-state index is 12.9. The first kappa shape index (κ1) is 16.6. The van der Waals surface area contributed by atoms with Gasteiger partial charge in [-0.25, -0.2) is 4.68 Å². The van der Waals surface area contributed by atoms with E-state index in [1.54, 1.807) is 18.9 Å². The Balaban J connectivity index is 1.90. The van der Waals surface area contributed by atoms with Crippen LogP contribution in [0.5, 0.6) is 11.5 Å². The molecule has 0 saturated heterocycles. The van der Waals surface area contributed by atoms with Gasteiger partial charge in [-0.05, 0) is 37.0 Å². The number of carbonyl (C=O) groups excluding carboxylic acids is 1. The summed E-state index contributed by atoms with van der Waals surface area (Å²) in [5, 5.41) is 7.86. The normalized spacial score (nSPS) is 21.8. The predicted molar refractivity (Wildman–Crippen MR) is 96.5 cm³/mol. The minimum absolute atomic E-state index is 0.157. The zero-order valence-electron chi connectivity index (χ0n) is 15.4. The van der Waals surface area contributed by atoms with Crippen LogP contribution in [0.25, 0.3) is 0 Å². The highest BCUT2D eigenvalue weighted by Crippen LogP contribution is 2.42. The van der Waals surface area contributed by atoms with Gasteiger partial charge in [0.1, 0.15) is 11.9 Å². The smallest absolute Gasteiger partial charge is 0.226 e. The Bertz CT molecular complexity index is 916. The second-order valence-corrected chi connectivity index (χ2v) is 6.90. The van der Waals surface area contributed by atoms with E-state index in [2.05, 4.69) is 22.3 Å². The summed E-state index contributed by atoms with van der Waals surface area (Å²) in [7, 11) is 3.21. The molecule has 1 aliphatic heterocycles. The van der Waals surface area contributed by atoms with E-state index in [9.17, 15) is 4.79 Å². The average Bonchev–Trinajstić information content (AvgIpc) is 2.98. The highest BCUT2D eigenvalue weighted by Gasteiger charge is 2.38. The maximum Gasteiger partial charge on any atom is 0.226 e. The Morgan fingerprint density at radius 2 is 1.96 bits per heavy atom. The fourth-order valence-electron chi connectivity index (χ4n) is 3.84. The lowest BCUT2D eigenvalue weighted by Crippen LogP contribution is -2.33. The topological polar surface area (TPSA) is 78.3 Å². The lowest BCUT2D eigenvalue weighted by molar-refractivity contribution is -0.117. The Hall–Kier alpha value is -2.83. The summed E-state index contributed by atoms with van der Waals surface area (Å²) in [6.07, 6.45) is 1.38. The van der Waals surface area contributed by atoms with Gasteiger partial charge in [0, 0.05) is 17.7 Å². The van der Waals surface area contributed by atoms with Crippen molar-refractivity contribution in [3.05, 3.63) is 40.9 Å². The molecule has 0 unspecified atom stereocenters. The van der Waals surface area contributed by atoms with Gasteiger partial charge in [-0.2, -0.15) is 10.1 Å². The second-order valence-electron chi connectivity index (χ2n) is 6.90. The van der Waals surface area contributed by atoms with Gasteiger partial charge in [0.25, 0.3) is 0 Å². The number of benzene rings is 1. The number of hydrogen-bond acceptors (Lipinski definition) is 6. The fourth-order valence-corrected chi connectivity index (χ4v) is 3.84. The Labute approximate surface area is 152 Å². The molecule has 2 atom stereocenters. The van der Waals surface area contributed by atoms with Crippen LogP contribution in [0.15, 0.2) is 29.5 Å². The zero-order valence-corrected chi connectivity index (χ0v) is 15.4. The van der Waals surface area contributed by atoms with Gasteiger partial charge in [-0.1, -0.05) is 13.0 Å². The molecule has 7 nitrogen and oxygen atoms in total. The number of aromatic nitrogens is 3. The number of carbonyl (C=O) groups is 1. The van der Waals surface area contributed by atoms with E-state index in [1.807, 2.05) is 25.1 Å². The first-order chi connectivity index (χ1) is 12.5. The third-order valence-electron chi connectivity index (χ3n) is 4.95. The van der Waals surface area contributed by atoms with Crippen LogP contribution in [-0.4, -0.2) is 34.8 Å². The van der Waals surface area contributed by atoms with Crippen molar-refractivity contribution in [2.24, 2.45) is 5.92 Å². The van der Waals surface area contributed by atoms with Crippen molar-refractivity contribution in [3.63, 3.8) is 0 Å². The molecule has 2 aromatic rings. The summed E-state index contributed by atoms with van der Waals surface area (Å²) in [5.41, 5.74) is 2.65. The van der Waals surface area contributed by atoms with E-state index in [0.717, 1.165) is 23.3 Å².